The fourth-order valence-corrected chi connectivity index (χ4v) is 1.82. The first-order valence-electron chi connectivity index (χ1n) is 5.85. The number of carboxylic acids is 1. The van der Waals surface area contributed by atoms with Crippen LogP contribution in [0.1, 0.15) is 20.8 Å². The van der Waals surface area contributed by atoms with Gasteiger partial charge in [-0.1, -0.05) is 11.6 Å². The number of ether oxygens (including phenoxy) is 1. The van der Waals surface area contributed by atoms with Gasteiger partial charge in [0.2, 0.25) is 0 Å². The lowest BCUT2D eigenvalue weighted by Crippen LogP contribution is -2.13. The Kier molecular flexibility index (Phi) is 4.39. The maximum absolute atomic E-state index is 12.1. The standard InChI is InChI=1S/C14H11ClN2O4/c1-21-12-7-9(2-3-10(12)15)17-13(18)8-4-5-16-11(6-8)14(19)20/h2-7H,1H3,(H,17,18)(H,19,20). The molecule has 0 spiro atoms. The van der Waals surface area contributed by atoms with Gasteiger partial charge in [0.1, 0.15) is 11.4 Å². The van der Waals surface area contributed by atoms with Crippen molar-refractivity contribution in [3.8, 4) is 5.75 Å². The zero-order valence-corrected chi connectivity index (χ0v) is 11.7. The van der Waals surface area contributed by atoms with E-state index in [9.17, 15) is 9.59 Å². The molecule has 2 N–H and O–H groups in total. The lowest BCUT2D eigenvalue weighted by Gasteiger charge is -2.08. The number of carbonyl (C=O) groups is 2. The number of anilines is 1. The summed E-state index contributed by atoms with van der Waals surface area (Å²) in [6, 6.07) is 7.40. The molecule has 7 heteroatoms. The molecule has 0 fully saturated rings. The molecule has 1 aromatic carbocycles. The third-order valence-corrected chi connectivity index (χ3v) is 2.96. The summed E-state index contributed by atoms with van der Waals surface area (Å²) < 4.78 is 5.05. The number of benzene rings is 1. The number of amides is 1. The summed E-state index contributed by atoms with van der Waals surface area (Å²) >= 11 is 5.89. The maximum Gasteiger partial charge on any atom is 0.354 e. The average Bonchev–Trinajstić information content (AvgIpc) is 2.49. The molecule has 21 heavy (non-hydrogen) atoms. The number of carbonyl (C=O) groups excluding carboxylic acids is 1. The lowest BCUT2D eigenvalue weighted by atomic mass is 10.2. The van der Waals surface area contributed by atoms with Crippen molar-refractivity contribution >= 4 is 29.2 Å². The highest BCUT2D eigenvalue weighted by Crippen LogP contribution is 2.27. The number of halogens is 1. The molecule has 1 heterocycles. The van der Waals surface area contributed by atoms with Crippen LogP contribution in [0.25, 0.3) is 0 Å². The Morgan fingerprint density at radius 1 is 1.29 bits per heavy atom. The summed E-state index contributed by atoms with van der Waals surface area (Å²) in [4.78, 5) is 26.5. The quantitative estimate of drug-likeness (QED) is 0.906. The molecular weight excluding hydrogens is 296 g/mol. The normalized spacial score (nSPS) is 10.0. The van der Waals surface area contributed by atoms with E-state index in [0.717, 1.165) is 0 Å². The first-order valence-corrected chi connectivity index (χ1v) is 6.23. The SMILES string of the molecule is COc1cc(NC(=O)c2ccnc(C(=O)O)c2)ccc1Cl. The third kappa shape index (κ3) is 3.49. The average molecular weight is 307 g/mol. The van der Waals surface area contributed by atoms with Crippen LogP contribution in [-0.4, -0.2) is 29.1 Å². The maximum atomic E-state index is 12.1. The molecule has 0 bridgehead atoms. The summed E-state index contributed by atoms with van der Waals surface area (Å²) in [5.41, 5.74) is 0.475. The third-order valence-electron chi connectivity index (χ3n) is 2.65. The second kappa shape index (κ2) is 6.23. The molecule has 0 saturated carbocycles. The minimum Gasteiger partial charge on any atom is -0.495 e. The van der Waals surface area contributed by atoms with Crippen LogP contribution < -0.4 is 10.1 Å². The Hall–Kier alpha value is -2.60. The minimum absolute atomic E-state index is 0.191. The van der Waals surface area contributed by atoms with E-state index in [1.807, 2.05) is 0 Å². The molecular formula is C14H11ClN2O4. The van der Waals surface area contributed by atoms with Crippen LogP contribution in [0.15, 0.2) is 36.5 Å². The molecule has 2 aromatic rings. The number of hydrogen-bond acceptors (Lipinski definition) is 4. The van der Waals surface area contributed by atoms with Gasteiger partial charge >= 0.3 is 5.97 Å². The predicted molar refractivity (Wildman–Crippen MR) is 77.2 cm³/mol. The first-order chi connectivity index (χ1) is 10.0. The van der Waals surface area contributed by atoms with Crippen LogP contribution in [0, 0.1) is 0 Å². The molecule has 108 valence electrons. The summed E-state index contributed by atoms with van der Waals surface area (Å²) in [5.74, 6) is -1.22. The Balaban J connectivity index is 2.22. The Morgan fingerprint density at radius 3 is 2.71 bits per heavy atom. The molecule has 1 amide bonds. The summed E-state index contributed by atoms with van der Waals surface area (Å²) in [5, 5.41) is 11.9. The van der Waals surface area contributed by atoms with Crippen molar-refractivity contribution in [2.45, 2.75) is 0 Å². The fraction of sp³-hybridized carbons (Fsp3) is 0.0714. The highest BCUT2D eigenvalue weighted by molar-refractivity contribution is 6.32. The second-order valence-corrected chi connectivity index (χ2v) is 4.45. The van der Waals surface area contributed by atoms with Crippen molar-refractivity contribution in [3.63, 3.8) is 0 Å². The fourth-order valence-electron chi connectivity index (χ4n) is 1.63. The number of pyridine rings is 1. The Labute approximate surface area is 125 Å². The van der Waals surface area contributed by atoms with E-state index in [2.05, 4.69) is 10.3 Å². The van der Waals surface area contributed by atoms with E-state index >= 15 is 0 Å². The van der Waals surface area contributed by atoms with Gasteiger partial charge in [-0.25, -0.2) is 9.78 Å². The van der Waals surface area contributed by atoms with Crippen LogP contribution in [0.2, 0.25) is 5.02 Å². The smallest absolute Gasteiger partial charge is 0.354 e. The number of rotatable bonds is 4. The molecule has 0 aliphatic heterocycles. The molecule has 2 rings (SSSR count). The van der Waals surface area contributed by atoms with Crippen LogP contribution in [0.3, 0.4) is 0 Å². The molecule has 0 aliphatic carbocycles. The molecule has 1 aromatic heterocycles. The Bertz CT molecular complexity index is 703. The lowest BCUT2D eigenvalue weighted by molar-refractivity contribution is 0.0690. The topological polar surface area (TPSA) is 88.5 Å². The zero-order valence-electron chi connectivity index (χ0n) is 11.0. The van der Waals surface area contributed by atoms with Gasteiger partial charge in [-0.3, -0.25) is 4.79 Å². The summed E-state index contributed by atoms with van der Waals surface area (Å²) in [7, 11) is 1.47. The van der Waals surface area contributed by atoms with Gasteiger partial charge < -0.3 is 15.2 Å². The van der Waals surface area contributed by atoms with Crippen molar-refractivity contribution in [2.75, 3.05) is 12.4 Å². The summed E-state index contributed by atoms with van der Waals surface area (Å²) in [6.07, 6.45) is 1.26. The van der Waals surface area contributed by atoms with Crippen molar-refractivity contribution in [2.24, 2.45) is 0 Å². The van der Waals surface area contributed by atoms with Gasteiger partial charge in [0, 0.05) is 23.5 Å². The van der Waals surface area contributed by atoms with Gasteiger partial charge in [0.15, 0.2) is 0 Å². The van der Waals surface area contributed by atoms with E-state index < -0.39 is 11.9 Å². The predicted octanol–water partition coefficient (Wildman–Crippen LogP) is 2.69. The molecule has 0 atom stereocenters. The van der Waals surface area contributed by atoms with Crippen LogP contribution in [0.5, 0.6) is 5.75 Å². The largest absolute Gasteiger partial charge is 0.495 e. The first kappa shape index (κ1) is 14.8. The van der Waals surface area contributed by atoms with Gasteiger partial charge in [-0.2, -0.15) is 0 Å². The van der Waals surface area contributed by atoms with E-state index in [1.54, 1.807) is 18.2 Å². The number of nitrogens with one attached hydrogen (secondary N) is 1. The number of carboxylic acid groups (broad SMARTS) is 1. The van der Waals surface area contributed by atoms with Crippen LogP contribution in [-0.2, 0) is 0 Å². The molecule has 0 aliphatic rings. The number of nitrogens with zero attached hydrogens (tertiary/aromatic N) is 1. The summed E-state index contributed by atoms with van der Waals surface area (Å²) in [6.45, 7) is 0. The zero-order chi connectivity index (χ0) is 15.4. The number of hydrogen-bond donors (Lipinski definition) is 2. The molecule has 0 unspecified atom stereocenters. The van der Waals surface area contributed by atoms with Gasteiger partial charge in [-0.15, -0.1) is 0 Å². The van der Waals surface area contributed by atoms with Crippen molar-refractivity contribution in [3.05, 3.63) is 52.8 Å². The second-order valence-electron chi connectivity index (χ2n) is 4.04. The van der Waals surface area contributed by atoms with Gasteiger partial charge in [0.25, 0.3) is 5.91 Å². The van der Waals surface area contributed by atoms with Crippen molar-refractivity contribution in [1.82, 2.24) is 4.98 Å². The van der Waals surface area contributed by atoms with Crippen molar-refractivity contribution < 1.29 is 19.4 Å². The molecule has 0 radical (unpaired) electrons. The number of methoxy groups -OCH3 is 1. The Morgan fingerprint density at radius 2 is 2.05 bits per heavy atom. The number of aromatic carboxylic acids is 1. The monoisotopic (exact) mass is 306 g/mol. The van der Waals surface area contributed by atoms with Crippen LogP contribution >= 0.6 is 11.6 Å². The molecule has 0 saturated heterocycles. The van der Waals surface area contributed by atoms with E-state index in [0.29, 0.717) is 16.5 Å². The van der Waals surface area contributed by atoms with Gasteiger partial charge in [-0.05, 0) is 24.3 Å². The van der Waals surface area contributed by atoms with Gasteiger partial charge in [0.05, 0.1) is 12.1 Å². The number of aromatic nitrogens is 1. The van der Waals surface area contributed by atoms with Crippen LogP contribution in [0.4, 0.5) is 5.69 Å². The van der Waals surface area contributed by atoms with E-state index in [1.165, 1.54) is 25.4 Å². The van der Waals surface area contributed by atoms with E-state index in [4.69, 9.17) is 21.4 Å². The van der Waals surface area contributed by atoms with Crippen molar-refractivity contribution in [1.29, 1.82) is 0 Å². The highest BCUT2D eigenvalue weighted by Gasteiger charge is 2.11. The minimum atomic E-state index is -1.20. The highest BCUT2D eigenvalue weighted by atomic mass is 35.5. The molecule has 6 nitrogen and oxygen atoms in total. The van der Waals surface area contributed by atoms with E-state index in [-0.39, 0.29) is 11.3 Å².